The minimum Gasteiger partial charge on any atom is -0.397 e. The second-order valence-corrected chi connectivity index (χ2v) is 10.5. The molecule has 0 saturated carbocycles. The number of hydrogen-bond donors (Lipinski definition) is 0. The summed E-state index contributed by atoms with van der Waals surface area (Å²) < 4.78 is 11.7. The third kappa shape index (κ3) is 17.5. The third-order valence-electron chi connectivity index (χ3n) is 5.39. The summed E-state index contributed by atoms with van der Waals surface area (Å²) in [5.74, 6) is 0. The van der Waals surface area contributed by atoms with E-state index < -0.39 is 9.28 Å². The SMILES string of the molecule is CCCCCCCCCCCCCCCCCC(C)[SiH](OCC)OCC. The van der Waals surface area contributed by atoms with E-state index in [9.17, 15) is 0 Å². The molecule has 2 nitrogen and oxygen atoms in total. The van der Waals surface area contributed by atoms with E-state index >= 15 is 0 Å². The molecule has 3 heteroatoms. The lowest BCUT2D eigenvalue weighted by Crippen LogP contribution is -2.27. The summed E-state index contributed by atoms with van der Waals surface area (Å²) in [5, 5.41) is 0. The molecule has 158 valence electrons. The molecule has 26 heavy (non-hydrogen) atoms. The number of hydrogen-bond acceptors (Lipinski definition) is 2. The van der Waals surface area contributed by atoms with Crippen molar-refractivity contribution in [2.24, 2.45) is 0 Å². The maximum Gasteiger partial charge on any atom is 0.324 e. The fourth-order valence-corrected chi connectivity index (χ4v) is 5.60. The molecule has 0 amide bonds. The van der Waals surface area contributed by atoms with Crippen LogP contribution in [-0.4, -0.2) is 22.5 Å². The molecular formula is C23H50O2Si. The Balaban J connectivity index is 3.28. The molecule has 0 aromatic heterocycles. The predicted octanol–water partition coefficient (Wildman–Crippen LogP) is 7.93. The monoisotopic (exact) mass is 386 g/mol. The van der Waals surface area contributed by atoms with Gasteiger partial charge in [-0.25, -0.2) is 0 Å². The molecule has 0 aromatic rings. The van der Waals surface area contributed by atoms with Gasteiger partial charge in [0.15, 0.2) is 0 Å². The van der Waals surface area contributed by atoms with Crippen molar-refractivity contribution in [3.05, 3.63) is 0 Å². The van der Waals surface area contributed by atoms with Crippen LogP contribution in [0.2, 0.25) is 5.54 Å². The van der Waals surface area contributed by atoms with Crippen LogP contribution in [0.5, 0.6) is 0 Å². The number of rotatable bonds is 21. The molecule has 1 unspecified atom stereocenters. The van der Waals surface area contributed by atoms with Crippen LogP contribution >= 0.6 is 0 Å². The van der Waals surface area contributed by atoms with Crippen LogP contribution in [0.3, 0.4) is 0 Å². The molecule has 0 N–H and O–H groups in total. The topological polar surface area (TPSA) is 18.5 Å². The first-order chi connectivity index (χ1) is 12.8. The van der Waals surface area contributed by atoms with E-state index in [0.29, 0.717) is 5.54 Å². The van der Waals surface area contributed by atoms with Crippen molar-refractivity contribution in [1.29, 1.82) is 0 Å². The Morgan fingerprint density at radius 1 is 0.538 bits per heavy atom. The Morgan fingerprint density at radius 3 is 1.23 bits per heavy atom. The van der Waals surface area contributed by atoms with Gasteiger partial charge in [-0.05, 0) is 25.8 Å². The zero-order chi connectivity index (χ0) is 19.3. The van der Waals surface area contributed by atoms with Gasteiger partial charge in [-0.15, -0.1) is 0 Å². The fraction of sp³-hybridized carbons (Fsp3) is 1.00. The first-order valence-electron chi connectivity index (χ1n) is 12.0. The Kier molecular flexibility index (Phi) is 21.5. The van der Waals surface area contributed by atoms with Gasteiger partial charge in [0, 0.05) is 13.2 Å². The Labute approximate surface area is 167 Å². The van der Waals surface area contributed by atoms with Gasteiger partial charge in [-0.1, -0.05) is 110 Å². The smallest absolute Gasteiger partial charge is 0.324 e. The van der Waals surface area contributed by atoms with Crippen LogP contribution in [0, 0.1) is 0 Å². The Hall–Kier alpha value is 0.137. The summed E-state index contributed by atoms with van der Waals surface area (Å²) in [6, 6.07) is 0. The van der Waals surface area contributed by atoms with Crippen LogP contribution in [-0.2, 0) is 8.85 Å². The quantitative estimate of drug-likeness (QED) is 0.147. The lowest BCUT2D eigenvalue weighted by molar-refractivity contribution is 0.203. The molecule has 0 spiro atoms. The van der Waals surface area contributed by atoms with Gasteiger partial charge in [0.25, 0.3) is 0 Å². The fourth-order valence-electron chi connectivity index (χ4n) is 3.68. The van der Waals surface area contributed by atoms with E-state index in [0.717, 1.165) is 13.2 Å². The summed E-state index contributed by atoms with van der Waals surface area (Å²) in [6.45, 7) is 10.4. The highest BCUT2D eigenvalue weighted by Crippen LogP contribution is 2.21. The second-order valence-electron chi connectivity index (χ2n) is 7.99. The van der Waals surface area contributed by atoms with Crippen LogP contribution in [0.25, 0.3) is 0 Å². The highest BCUT2D eigenvalue weighted by atomic mass is 28.3. The van der Waals surface area contributed by atoms with Crippen LogP contribution in [0.1, 0.15) is 130 Å². The highest BCUT2D eigenvalue weighted by Gasteiger charge is 2.20. The molecule has 0 aliphatic heterocycles. The van der Waals surface area contributed by atoms with Gasteiger partial charge in [-0.3, -0.25) is 0 Å². The number of unbranched alkanes of at least 4 members (excludes halogenated alkanes) is 14. The first kappa shape index (κ1) is 26.1. The predicted molar refractivity (Wildman–Crippen MR) is 119 cm³/mol. The Morgan fingerprint density at radius 2 is 0.885 bits per heavy atom. The van der Waals surface area contributed by atoms with E-state index in [1.807, 2.05) is 0 Å². The molecule has 0 aliphatic carbocycles. The zero-order valence-electron chi connectivity index (χ0n) is 18.7. The van der Waals surface area contributed by atoms with Crippen LogP contribution in [0.4, 0.5) is 0 Å². The Bertz CT molecular complexity index is 255. The van der Waals surface area contributed by atoms with Gasteiger partial charge in [0.1, 0.15) is 0 Å². The van der Waals surface area contributed by atoms with Crippen molar-refractivity contribution < 1.29 is 8.85 Å². The molecule has 0 saturated heterocycles. The summed E-state index contributed by atoms with van der Waals surface area (Å²) >= 11 is 0. The molecule has 0 radical (unpaired) electrons. The van der Waals surface area contributed by atoms with E-state index in [2.05, 4.69) is 27.7 Å². The lowest BCUT2D eigenvalue weighted by atomic mass is 10.0. The molecule has 1 atom stereocenters. The van der Waals surface area contributed by atoms with Gasteiger partial charge in [0.05, 0.1) is 0 Å². The first-order valence-corrected chi connectivity index (χ1v) is 13.6. The largest absolute Gasteiger partial charge is 0.397 e. The normalized spacial score (nSPS) is 12.8. The van der Waals surface area contributed by atoms with E-state index in [4.69, 9.17) is 8.85 Å². The molecule has 0 fully saturated rings. The minimum atomic E-state index is -1.42. The van der Waals surface area contributed by atoms with Crippen LogP contribution < -0.4 is 0 Å². The average Bonchev–Trinajstić information content (AvgIpc) is 2.64. The third-order valence-corrected chi connectivity index (χ3v) is 7.98. The molecule has 0 aliphatic rings. The highest BCUT2D eigenvalue weighted by molar-refractivity contribution is 6.46. The summed E-state index contributed by atoms with van der Waals surface area (Å²) in [5.41, 5.74) is 0.650. The van der Waals surface area contributed by atoms with Gasteiger partial charge in [0.2, 0.25) is 0 Å². The zero-order valence-corrected chi connectivity index (χ0v) is 19.9. The lowest BCUT2D eigenvalue weighted by Gasteiger charge is -2.21. The maximum absolute atomic E-state index is 5.84. The second kappa shape index (κ2) is 21.4. The standard InChI is InChI=1S/C23H50O2Si/c1-5-8-9-10-11-12-13-14-15-16-17-18-19-20-21-22-23(4)26(24-6-2)25-7-3/h23,26H,5-22H2,1-4H3. The van der Waals surface area contributed by atoms with Gasteiger partial charge >= 0.3 is 9.28 Å². The van der Waals surface area contributed by atoms with Crippen molar-refractivity contribution in [3.63, 3.8) is 0 Å². The van der Waals surface area contributed by atoms with Gasteiger partial charge < -0.3 is 8.85 Å². The van der Waals surface area contributed by atoms with Crippen LogP contribution in [0.15, 0.2) is 0 Å². The minimum absolute atomic E-state index is 0.650. The van der Waals surface area contributed by atoms with Crippen molar-refractivity contribution >= 4 is 9.28 Å². The summed E-state index contributed by atoms with van der Waals surface area (Å²) in [7, 11) is -1.42. The van der Waals surface area contributed by atoms with Crippen molar-refractivity contribution in [1.82, 2.24) is 0 Å². The summed E-state index contributed by atoms with van der Waals surface area (Å²) in [4.78, 5) is 0. The van der Waals surface area contributed by atoms with E-state index in [1.165, 1.54) is 103 Å². The molecule has 0 heterocycles. The molecule has 0 rings (SSSR count). The van der Waals surface area contributed by atoms with Crippen molar-refractivity contribution in [3.8, 4) is 0 Å². The maximum atomic E-state index is 5.84. The average molecular weight is 387 g/mol. The van der Waals surface area contributed by atoms with Crippen molar-refractivity contribution in [2.75, 3.05) is 13.2 Å². The van der Waals surface area contributed by atoms with E-state index in [-0.39, 0.29) is 0 Å². The van der Waals surface area contributed by atoms with Crippen molar-refractivity contribution in [2.45, 2.75) is 136 Å². The van der Waals surface area contributed by atoms with Gasteiger partial charge in [-0.2, -0.15) is 0 Å². The molecule has 0 aromatic carbocycles. The molecule has 0 bridgehead atoms. The summed E-state index contributed by atoms with van der Waals surface area (Å²) in [6.07, 6.45) is 22.8. The molecular weight excluding hydrogens is 336 g/mol. The van der Waals surface area contributed by atoms with E-state index in [1.54, 1.807) is 0 Å².